The van der Waals surface area contributed by atoms with E-state index in [2.05, 4.69) is 41.2 Å². The summed E-state index contributed by atoms with van der Waals surface area (Å²) in [5, 5.41) is 11.9. The van der Waals surface area contributed by atoms with E-state index in [1.807, 2.05) is 12.4 Å². The quantitative estimate of drug-likeness (QED) is 0.785. The van der Waals surface area contributed by atoms with Crippen LogP contribution in [0.5, 0.6) is 0 Å². The number of nitrogens with one attached hydrogen (secondary N) is 1. The maximum Gasteiger partial charge on any atom is 0.0640 e. The second-order valence-corrected chi connectivity index (χ2v) is 3.85. The highest BCUT2D eigenvalue weighted by molar-refractivity contribution is 5.55. The van der Waals surface area contributed by atoms with Crippen LogP contribution in [0.4, 0.5) is 11.4 Å². The summed E-state index contributed by atoms with van der Waals surface area (Å²) >= 11 is 0. The Morgan fingerprint density at radius 2 is 2.24 bits per heavy atom. The van der Waals surface area contributed by atoms with E-state index in [1.54, 1.807) is 0 Å². The molecule has 1 heterocycles. The van der Waals surface area contributed by atoms with E-state index >= 15 is 0 Å². The number of hydrogen-bond acceptors (Lipinski definition) is 4. The number of anilines is 2. The minimum Gasteiger partial charge on any atom is -0.384 e. The number of nitriles is 1. The highest BCUT2D eigenvalue weighted by atomic mass is 15.1. The van der Waals surface area contributed by atoms with Gasteiger partial charge in [-0.25, -0.2) is 0 Å². The molecule has 0 unspecified atom stereocenters. The molecule has 4 nitrogen and oxygen atoms in total. The van der Waals surface area contributed by atoms with Gasteiger partial charge in [0.05, 0.1) is 36.3 Å². The maximum atomic E-state index is 8.62. The highest BCUT2D eigenvalue weighted by Gasteiger charge is 2.04. The first kappa shape index (κ1) is 13.3. The predicted molar refractivity (Wildman–Crippen MR) is 71.1 cm³/mol. The third-order valence-electron chi connectivity index (χ3n) is 2.54. The number of nitrogens with zero attached hydrogens (tertiary/aromatic N) is 3. The average Bonchev–Trinajstić information content (AvgIpc) is 2.38. The number of pyridine rings is 1. The van der Waals surface area contributed by atoms with Crippen LogP contribution in [0.15, 0.2) is 18.5 Å². The average molecular weight is 232 g/mol. The lowest BCUT2D eigenvalue weighted by Crippen LogP contribution is -2.23. The SMILES string of the molecule is CCCNc1cncc(N(CC)CCC#N)c1. The van der Waals surface area contributed by atoms with Crippen molar-refractivity contribution >= 4 is 11.4 Å². The monoisotopic (exact) mass is 232 g/mol. The van der Waals surface area contributed by atoms with E-state index in [1.165, 1.54) is 0 Å². The minimum atomic E-state index is 0.542. The Labute approximate surface area is 103 Å². The molecule has 17 heavy (non-hydrogen) atoms. The van der Waals surface area contributed by atoms with Crippen molar-refractivity contribution in [2.75, 3.05) is 29.9 Å². The summed E-state index contributed by atoms with van der Waals surface area (Å²) in [4.78, 5) is 6.39. The van der Waals surface area contributed by atoms with Crippen molar-refractivity contribution in [1.29, 1.82) is 5.26 Å². The van der Waals surface area contributed by atoms with Crippen molar-refractivity contribution in [3.05, 3.63) is 18.5 Å². The van der Waals surface area contributed by atoms with E-state index in [0.717, 1.165) is 37.4 Å². The summed E-state index contributed by atoms with van der Waals surface area (Å²) in [7, 11) is 0. The summed E-state index contributed by atoms with van der Waals surface area (Å²) in [6.45, 7) is 6.82. The van der Waals surface area contributed by atoms with Crippen molar-refractivity contribution in [3.8, 4) is 6.07 Å². The standard InChI is InChI=1S/C13H20N4/c1-3-7-16-12-9-13(11-15-10-12)17(4-2)8-5-6-14/h9-11,16H,3-5,7-8H2,1-2H3. The molecule has 0 saturated heterocycles. The van der Waals surface area contributed by atoms with E-state index in [0.29, 0.717) is 6.42 Å². The van der Waals surface area contributed by atoms with Gasteiger partial charge in [-0.05, 0) is 19.4 Å². The molecule has 0 aromatic carbocycles. The van der Waals surface area contributed by atoms with Gasteiger partial charge in [0.2, 0.25) is 0 Å². The maximum absolute atomic E-state index is 8.62. The number of rotatable bonds is 7. The second kappa shape index (κ2) is 7.50. The normalized spacial score (nSPS) is 9.71. The predicted octanol–water partition coefficient (Wildman–Crippen LogP) is 2.64. The van der Waals surface area contributed by atoms with E-state index in [9.17, 15) is 0 Å². The van der Waals surface area contributed by atoms with Crippen molar-refractivity contribution in [1.82, 2.24) is 4.98 Å². The fourth-order valence-corrected chi connectivity index (χ4v) is 1.62. The molecule has 92 valence electrons. The Bertz CT molecular complexity index is 370. The Kier molecular flexibility index (Phi) is 5.87. The van der Waals surface area contributed by atoms with Crippen LogP contribution in [0.3, 0.4) is 0 Å². The Morgan fingerprint density at radius 3 is 2.88 bits per heavy atom. The van der Waals surface area contributed by atoms with E-state index in [-0.39, 0.29) is 0 Å². The van der Waals surface area contributed by atoms with Gasteiger partial charge in [-0.3, -0.25) is 4.98 Å². The fraction of sp³-hybridized carbons (Fsp3) is 0.538. The summed E-state index contributed by atoms with van der Waals surface area (Å²) in [5.41, 5.74) is 2.11. The summed E-state index contributed by atoms with van der Waals surface area (Å²) in [6, 6.07) is 4.26. The van der Waals surface area contributed by atoms with Crippen LogP contribution in [-0.2, 0) is 0 Å². The molecule has 0 bridgehead atoms. The van der Waals surface area contributed by atoms with Crippen molar-refractivity contribution in [2.24, 2.45) is 0 Å². The zero-order valence-corrected chi connectivity index (χ0v) is 10.6. The minimum absolute atomic E-state index is 0.542. The van der Waals surface area contributed by atoms with Crippen LogP contribution in [0.1, 0.15) is 26.7 Å². The smallest absolute Gasteiger partial charge is 0.0640 e. The molecule has 1 N–H and O–H groups in total. The van der Waals surface area contributed by atoms with Gasteiger partial charge < -0.3 is 10.2 Å². The molecule has 0 atom stereocenters. The first-order chi connectivity index (χ1) is 8.31. The third-order valence-corrected chi connectivity index (χ3v) is 2.54. The number of aromatic nitrogens is 1. The summed E-state index contributed by atoms with van der Waals surface area (Å²) in [5.74, 6) is 0. The number of hydrogen-bond donors (Lipinski definition) is 1. The van der Waals surface area contributed by atoms with Gasteiger partial charge in [0.25, 0.3) is 0 Å². The van der Waals surface area contributed by atoms with Crippen LogP contribution < -0.4 is 10.2 Å². The summed E-state index contributed by atoms with van der Waals surface area (Å²) in [6.07, 6.45) is 5.31. The largest absolute Gasteiger partial charge is 0.384 e. The molecule has 4 heteroatoms. The molecule has 0 radical (unpaired) electrons. The molecule has 0 aliphatic carbocycles. The Hall–Kier alpha value is -1.76. The lowest BCUT2D eigenvalue weighted by molar-refractivity contribution is 0.824. The molecular weight excluding hydrogens is 212 g/mol. The van der Waals surface area contributed by atoms with Gasteiger partial charge in [-0.1, -0.05) is 6.92 Å². The summed E-state index contributed by atoms with van der Waals surface area (Å²) < 4.78 is 0. The van der Waals surface area contributed by atoms with Gasteiger partial charge in [0, 0.05) is 19.6 Å². The molecule has 1 rings (SSSR count). The molecular formula is C13H20N4. The molecule has 1 aromatic heterocycles. The van der Waals surface area contributed by atoms with E-state index < -0.39 is 0 Å². The topological polar surface area (TPSA) is 52.0 Å². The molecule has 1 aromatic rings. The lowest BCUT2D eigenvalue weighted by atomic mass is 10.3. The van der Waals surface area contributed by atoms with Crippen LogP contribution in [-0.4, -0.2) is 24.6 Å². The first-order valence-corrected chi connectivity index (χ1v) is 6.12. The molecule has 0 saturated carbocycles. The van der Waals surface area contributed by atoms with Crippen LogP contribution in [0, 0.1) is 11.3 Å². The lowest BCUT2D eigenvalue weighted by Gasteiger charge is -2.22. The molecule has 0 spiro atoms. The van der Waals surface area contributed by atoms with Gasteiger partial charge in [0.15, 0.2) is 0 Å². The van der Waals surface area contributed by atoms with Gasteiger partial charge >= 0.3 is 0 Å². The van der Waals surface area contributed by atoms with Crippen molar-refractivity contribution in [2.45, 2.75) is 26.7 Å². The second-order valence-electron chi connectivity index (χ2n) is 3.85. The van der Waals surface area contributed by atoms with Crippen molar-refractivity contribution < 1.29 is 0 Å². The highest BCUT2D eigenvalue weighted by Crippen LogP contribution is 2.17. The fourth-order valence-electron chi connectivity index (χ4n) is 1.62. The van der Waals surface area contributed by atoms with Gasteiger partial charge in [-0.2, -0.15) is 5.26 Å². The van der Waals surface area contributed by atoms with Crippen LogP contribution in [0.25, 0.3) is 0 Å². The Morgan fingerprint density at radius 1 is 1.41 bits per heavy atom. The van der Waals surface area contributed by atoms with Crippen LogP contribution >= 0.6 is 0 Å². The molecule has 0 aliphatic heterocycles. The first-order valence-electron chi connectivity index (χ1n) is 6.12. The van der Waals surface area contributed by atoms with E-state index in [4.69, 9.17) is 5.26 Å². The Balaban J connectivity index is 2.70. The zero-order chi connectivity index (χ0) is 12.5. The van der Waals surface area contributed by atoms with Crippen molar-refractivity contribution in [3.63, 3.8) is 0 Å². The van der Waals surface area contributed by atoms with Gasteiger partial charge in [0.1, 0.15) is 0 Å². The molecule has 0 amide bonds. The van der Waals surface area contributed by atoms with Gasteiger partial charge in [-0.15, -0.1) is 0 Å². The molecule has 0 fully saturated rings. The molecule has 0 aliphatic rings. The third kappa shape index (κ3) is 4.31. The zero-order valence-electron chi connectivity index (χ0n) is 10.6. The van der Waals surface area contributed by atoms with Crippen LogP contribution in [0.2, 0.25) is 0 Å².